The molecule has 2 nitrogen and oxygen atoms in total. The van der Waals surface area contributed by atoms with Crippen LogP contribution >= 0.6 is 24.0 Å². The minimum atomic E-state index is -0.601. The number of carbonyl (C=O) groups is 1. The Morgan fingerprint density at radius 3 is 2.62 bits per heavy atom. The zero-order chi connectivity index (χ0) is 9.14. The first-order chi connectivity index (χ1) is 5.65. The van der Waals surface area contributed by atoms with Crippen LogP contribution in [0, 0.1) is 5.82 Å². The van der Waals surface area contributed by atoms with E-state index < -0.39 is 5.82 Å². The van der Waals surface area contributed by atoms with E-state index in [2.05, 4.69) is 0 Å². The van der Waals surface area contributed by atoms with Gasteiger partial charge in [0.25, 0.3) is 0 Å². The van der Waals surface area contributed by atoms with Gasteiger partial charge >= 0.3 is 0 Å². The number of halogens is 3. The number of carbonyl (C=O) groups excluding carboxylic acids is 1. The van der Waals surface area contributed by atoms with Gasteiger partial charge in [-0.2, -0.15) is 0 Å². The lowest BCUT2D eigenvalue weighted by atomic mass is 10.1. The van der Waals surface area contributed by atoms with Crippen molar-refractivity contribution in [1.29, 1.82) is 0 Å². The van der Waals surface area contributed by atoms with E-state index in [0.717, 1.165) is 6.07 Å². The molecule has 13 heavy (non-hydrogen) atoms. The molecule has 0 saturated carbocycles. The molecular weight excluding hydrogens is 216 g/mol. The first kappa shape index (κ1) is 12.4. The van der Waals surface area contributed by atoms with Gasteiger partial charge < -0.3 is 5.73 Å². The SMILES string of the molecule is Cl.NCC(=O)c1ccc(Cl)c(F)c1. The predicted molar refractivity (Wildman–Crippen MR) is 52.0 cm³/mol. The summed E-state index contributed by atoms with van der Waals surface area (Å²) in [5.74, 6) is -0.901. The lowest BCUT2D eigenvalue weighted by molar-refractivity contribution is 0.100. The van der Waals surface area contributed by atoms with Gasteiger partial charge in [0, 0.05) is 5.56 Å². The molecule has 0 heterocycles. The normalized spacial score (nSPS) is 9.15. The molecule has 0 atom stereocenters. The topological polar surface area (TPSA) is 43.1 Å². The van der Waals surface area contributed by atoms with Crippen molar-refractivity contribution in [2.24, 2.45) is 5.73 Å². The second-order valence-corrected chi connectivity index (χ2v) is 2.66. The van der Waals surface area contributed by atoms with Crippen LogP contribution in [0.3, 0.4) is 0 Å². The number of hydrogen-bond donors (Lipinski definition) is 1. The molecule has 0 bridgehead atoms. The van der Waals surface area contributed by atoms with Gasteiger partial charge in [-0.05, 0) is 18.2 Å². The van der Waals surface area contributed by atoms with Gasteiger partial charge in [0.15, 0.2) is 5.78 Å². The van der Waals surface area contributed by atoms with Crippen molar-refractivity contribution in [1.82, 2.24) is 0 Å². The minimum absolute atomic E-state index is 0. The summed E-state index contributed by atoms with van der Waals surface area (Å²) in [6.45, 7) is -0.124. The summed E-state index contributed by atoms with van der Waals surface area (Å²) in [5.41, 5.74) is 5.34. The zero-order valence-corrected chi connectivity index (χ0v) is 8.16. The average molecular weight is 224 g/mol. The van der Waals surface area contributed by atoms with Crippen molar-refractivity contribution in [2.45, 2.75) is 0 Å². The summed E-state index contributed by atoms with van der Waals surface area (Å²) < 4.78 is 12.8. The summed E-state index contributed by atoms with van der Waals surface area (Å²) in [6, 6.07) is 3.86. The Labute approximate surface area is 86.3 Å². The van der Waals surface area contributed by atoms with Crippen molar-refractivity contribution in [3.8, 4) is 0 Å². The number of hydrogen-bond acceptors (Lipinski definition) is 2. The molecule has 0 unspecified atom stereocenters. The third kappa shape index (κ3) is 2.95. The average Bonchev–Trinajstić information content (AvgIpc) is 2.08. The molecule has 0 spiro atoms. The molecule has 0 saturated heterocycles. The lowest BCUT2D eigenvalue weighted by Crippen LogP contribution is -2.13. The highest BCUT2D eigenvalue weighted by molar-refractivity contribution is 6.30. The third-order valence-corrected chi connectivity index (χ3v) is 1.73. The van der Waals surface area contributed by atoms with Crippen LogP contribution in [-0.2, 0) is 0 Å². The molecule has 5 heteroatoms. The van der Waals surface area contributed by atoms with E-state index in [1.54, 1.807) is 0 Å². The second kappa shape index (κ2) is 5.17. The Morgan fingerprint density at radius 2 is 2.15 bits per heavy atom. The number of benzene rings is 1. The number of nitrogens with two attached hydrogens (primary N) is 1. The summed E-state index contributed by atoms with van der Waals surface area (Å²) in [5, 5.41) is 0.00331. The molecule has 0 aliphatic heterocycles. The largest absolute Gasteiger partial charge is 0.324 e. The molecule has 1 aromatic rings. The van der Waals surface area contributed by atoms with Crippen molar-refractivity contribution in [3.63, 3.8) is 0 Å². The number of ketones is 1. The zero-order valence-electron chi connectivity index (χ0n) is 6.59. The fourth-order valence-electron chi connectivity index (χ4n) is 0.787. The Hall–Kier alpha value is -0.640. The van der Waals surface area contributed by atoms with Gasteiger partial charge in [0.2, 0.25) is 0 Å². The maximum Gasteiger partial charge on any atom is 0.176 e. The third-order valence-electron chi connectivity index (χ3n) is 1.43. The fraction of sp³-hybridized carbons (Fsp3) is 0.125. The van der Waals surface area contributed by atoms with Gasteiger partial charge in [-0.15, -0.1) is 12.4 Å². The van der Waals surface area contributed by atoms with E-state index in [-0.39, 0.29) is 35.3 Å². The molecule has 0 amide bonds. The molecule has 72 valence electrons. The number of rotatable bonds is 2. The van der Waals surface area contributed by atoms with E-state index in [9.17, 15) is 9.18 Å². The summed E-state index contributed by atoms with van der Waals surface area (Å²) >= 11 is 5.41. The van der Waals surface area contributed by atoms with E-state index >= 15 is 0 Å². The Kier molecular flexibility index (Phi) is 4.91. The van der Waals surface area contributed by atoms with Crippen LogP contribution in [0.4, 0.5) is 4.39 Å². The van der Waals surface area contributed by atoms with E-state index in [0.29, 0.717) is 0 Å². The monoisotopic (exact) mass is 223 g/mol. The molecule has 0 fully saturated rings. The van der Waals surface area contributed by atoms with E-state index in [4.69, 9.17) is 17.3 Å². The summed E-state index contributed by atoms with van der Waals surface area (Å²) in [4.78, 5) is 10.9. The van der Waals surface area contributed by atoms with Gasteiger partial charge in [-0.3, -0.25) is 4.79 Å². The Bertz CT molecular complexity index is 317. The van der Waals surface area contributed by atoms with Crippen LogP contribution in [-0.4, -0.2) is 12.3 Å². The van der Waals surface area contributed by atoms with Crippen LogP contribution in [0.15, 0.2) is 18.2 Å². The smallest absolute Gasteiger partial charge is 0.176 e. The van der Waals surface area contributed by atoms with E-state index in [1.807, 2.05) is 0 Å². The highest BCUT2D eigenvalue weighted by atomic mass is 35.5. The molecule has 1 aromatic carbocycles. The van der Waals surface area contributed by atoms with Gasteiger partial charge in [-0.1, -0.05) is 11.6 Å². The van der Waals surface area contributed by atoms with E-state index in [1.165, 1.54) is 12.1 Å². The second-order valence-electron chi connectivity index (χ2n) is 2.26. The lowest BCUT2D eigenvalue weighted by Gasteiger charge is -1.98. The van der Waals surface area contributed by atoms with Gasteiger partial charge in [0.1, 0.15) is 5.82 Å². The molecule has 0 aliphatic carbocycles. The maximum absolute atomic E-state index is 12.8. The van der Waals surface area contributed by atoms with Gasteiger partial charge in [0.05, 0.1) is 11.6 Å². The molecule has 0 aromatic heterocycles. The Balaban J connectivity index is 0.00000144. The fourth-order valence-corrected chi connectivity index (χ4v) is 0.905. The van der Waals surface area contributed by atoms with Gasteiger partial charge in [-0.25, -0.2) is 4.39 Å². The first-order valence-electron chi connectivity index (χ1n) is 3.33. The molecule has 0 radical (unpaired) electrons. The van der Waals surface area contributed by atoms with Crippen LogP contribution in [0.5, 0.6) is 0 Å². The van der Waals surface area contributed by atoms with Crippen molar-refractivity contribution in [3.05, 3.63) is 34.6 Å². The number of Topliss-reactive ketones (excluding diaryl/α,β-unsaturated/α-hetero) is 1. The van der Waals surface area contributed by atoms with Crippen LogP contribution in [0.25, 0.3) is 0 Å². The molecule has 2 N–H and O–H groups in total. The summed E-state index contributed by atoms with van der Waals surface area (Å²) in [6.07, 6.45) is 0. The van der Waals surface area contributed by atoms with Crippen LogP contribution in [0.1, 0.15) is 10.4 Å². The minimum Gasteiger partial charge on any atom is -0.324 e. The molecule has 1 rings (SSSR count). The molecular formula is C8H8Cl2FNO. The van der Waals surface area contributed by atoms with Crippen molar-refractivity contribution in [2.75, 3.05) is 6.54 Å². The predicted octanol–water partition coefficient (Wildman–Crippen LogP) is 2.04. The quantitative estimate of drug-likeness (QED) is 0.781. The summed E-state index contributed by atoms with van der Waals surface area (Å²) in [7, 11) is 0. The highest BCUT2D eigenvalue weighted by Crippen LogP contribution is 2.15. The van der Waals surface area contributed by atoms with Crippen molar-refractivity contribution < 1.29 is 9.18 Å². The Morgan fingerprint density at radius 1 is 1.54 bits per heavy atom. The van der Waals surface area contributed by atoms with Crippen LogP contribution in [0.2, 0.25) is 5.02 Å². The molecule has 0 aliphatic rings. The van der Waals surface area contributed by atoms with Crippen LogP contribution < -0.4 is 5.73 Å². The first-order valence-corrected chi connectivity index (χ1v) is 3.71. The standard InChI is InChI=1S/C8H7ClFNO.ClH/c9-6-2-1-5(3-7(6)10)8(12)4-11;/h1-3H,4,11H2;1H. The highest BCUT2D eigenvalue weighted by Gasteiger charge is 2.06. The maximum atomic E-state index is 12.8. The van der Waals surface area contributed by atoms with Crippen molar-refractivity contribution >= 4 is 29.8 Å².